The van der Waals surface area contributed by atoms with Gasteiger partial charge in [0.2, 0.25) is 12.3 Å². The SMILES string of the molecule is CO[C@@H](C)c1ncc(N2CCN(C)CC2)cc1-c1c2c3cc(ccc3n1CC(F)(F)F)-c1nc(cs1)C[C@H](NC(=O)C(C(C)C)N(C)C=O)C(=O)N1CCC[C@H](N1)C(=O)OCC(C)(C)C2. The van der Waals surface area contributed by atoms with Gasteiger partial charge in [-0.25, -0.2) is 10.4 Å². The van der Waals surface area contributed by atoms with Crippen LogP contribution in [0.1, 0.15) is 70.5 Å². The summed E-state index contributed by atoms with van der Waals surface area (Å²) in [6.45, 7) is 11.2. The number of anilines is 1. The van der Waals surface area contributed by atoms with Gasteiger partial charge in [-0.1, -0.05) is 27.7 Å². The molecule has 2 fully saturated rings. The Kier molecular flexibility index (Phi) is 14.3. The molecule has 1 unspecified atom stereocenters. The maximum Gasteiger partial charge on any atom is 0.406 e. The van der Waals surface area contributed by atoms with Crippen molar-refractivity contribution in [2.45, 2.75) is 97.3 Å². The maximum atomic E-state index is 14.9. The van der Waals surface area contributed by atoms with Gasteiger partial charge in [-0.15, -0.1) is 11.3 Å². The number of benzene rings is 1. The summed E-state index contributed by atoms with van der Waals surface area (Å²) in [5.41, 5.74) is 6.50. The van der Waals surface area contributed by atoms with Crippen molar-refractivity contribution < 1.29 is 41.8 Å². The largest absolute Gasteiger partial charge is 0.464 e. The van der Waals surface area contributed by atoms with Crippen molar-refractivity contribution in [3.63, 3.8) is 0 Å². The number of methoxy groups -OCH3 is 1. The van der Waals surface area contributed by atoms with Crippen LogP contribution in [0.5, 0.6) is 0 Å². The number of hydrogen-bond donors (Lipinski definition) is 2. The first-order valence-corrected chi connectivity index (χ1v) is 23.0. The normalized spacial score (nSPS) is 20.9. The van der Waals surface area contributed by atoms with Crippen LogP contribution >= 0.6 is 11.3 Å². The number of carbonyl (C=O) groups is 4. The molecule has 65 heavy (non-hydrogen) atoms. The molecule has 6 bridgehead atoms. The minimum atomic E-state index is -4.60. The molecule has 3 aliphatic rings. The number of likely N-dealkylation sites (N-methyl/N-ethyl adjacent to an activating group) is 2. The average molecular weight is 924 g/mol. The minimum Gasteiger partial charge on any atom is -0.464 e. The first-order valence-electron chi connectivity index (χ1n) is 22.1. The lowest BCUT2D eigenvalue weighted by atomic mass is 9.84. The molecule has 4 aromatic rings. The smallest absolute Gasteiger partial charge is 0.406 e. The molecule has 19 heteroatoms. The second-order valence-electron chi connectivity index (χ2n) is 18.7. The van der Waals surface area contributed by atoms with Gasteiger partial charge in [0.25, 0.3) is 5.91 Å². The highest BCUT2D eigenvalue weighted by Gasteiger charge is 2.39. The van der Waals surface area contributed by atoms with E-state index in [0.717, 1.165) is 31.9 Å². The zero-order chi connectivity index (χ0) is 47.0. The molecule has 2 saturated heterocycles. The molecule has 7 rings (SSSR count). The van der Waals surface area contributed by atoms with Gasteiger partial charge in [0.15, 0.2) is 0 Å². The average Bonchev–Trinajstić information content (AvgIpc) is 3.85. The highest BCUT2D eigenvalue weighted by atomic mass is 32.1. The van der Waals surface area contributed by atoms with Crippen molar-refractivity contribution in [2.75, 3.05) is 65.4 Å². The predicted molar refractivity (Wildman–Crippen MR) is 242 cm³/mol. The fourth-order valence-corrected chi connectivity index (χ4v) is 9.97. The van der Waals surface area contributed by atoms with Gasteiger partial charge in [0.05, 0.1) is 41.7 Å². The summed E-state index contributed by atoms with van der Waals surface area (Å²) in [4.78, 5) is 69.3. The summed E-state index contributed by atoms with van der Waals surface area (Å²) in [6.07, 6.45) is -1.80. The van der Waals surface area contributed by atoms with Crippen LogP contribution in [-0.2, 0) is 48.0 Å². The number of amides is 3. The second kappa shape index (κ2) is 19.4. The number of nitrogens with zero attached hydrogens (tertiary/aromatic N) is 7. The third-order valence-corrected chi connectivity index (χ3v) is 13.5. The van der Waals surface area contributed by atoms with Crippen LogP contribution in [0.4, 0.5) is 18.9 Å². The molecular formula is C46H60F3N9O6S. The number of ether oxygens (including phenoxy) is 2. The van der Waals surface area contributed by atoms with E-state index in [9.17, 15) is 32.3 Å². The number of piperazine rings is 1. The molecule has 15 nitrogen and oxygen atoms in total. The van der Waals surface area contributed by atoms with E-state index in [1.807, 2.05) is 32.9 Å². The highest BCUT2D eigenvalue weighted by molar-refractivity contribution is 7.13. The van der Waals surface area contributed by atoms with Crippen molar-refractivity contribution in [3.05, 3.63) is 52.8 Å². The van der Waals surface area contributed by atoms with Gasteiger partial charge >= 0.3 is 12.1 Å². The van der Waals surface area contributed by atoms with Gasteiger partial charge in [-0.2, -0.15) is 13.2 Å². The number of hydrogen-bond acceptors (Lipinski definition) is 12. The number of thiazole rings is 1. The van der Waals surface area contributed by atoms with Crippen LogP contribution in [0.25, 0.3) is 32.7 Å². The monoisotopic (exact) mass is 923 g/mol. The fourth-order valence-electron chi connectivity index (χ4n) is 9.14. The van der Waals surface area contributed by atoms with E-state index < -0.39 is 60.1 Å². The quantitative estimate of drug-likeness (QED) is 0.151. The minimum absolute atomic E-state index is 0.0190. The highest BCUT2D eigenvalue weighted by Crippen LogP contribution is 2.44. The third-order valence-electron chi connectivity index (χ3n) is 12.6. The van der Waals surface area contributed by atoms with E-state index in [0.29, 0.717) is 68.9 Å². The molecule has 3 aliphatic heterocycles. The number of aromatic nitrogens is 3. The molecule has 6 heterocycles. The van der Waals surface area contributed by atoms with Gasteiger partial charge in [0.1, 0.15) is 29.7 Å². The van der Waals surface area contributed by atoms with Crippen LogP contribution in [0.2, 0.25) is 0 Å². The lowest BCUT2D eigenvalue weighted by molar-refractivity contribution is -0.155. The summed E-state index contributed by atoms with van der Waals surface area (Å²) in [5.74, 6) is -1.87. The predicted octanol–water partition coefficient (Wildman–Crippen LogP) is 5.61. The zero-order valence-corrected chi connectivity index (χ0v) is 39.1. The molecule has 4 atom stereocenters. The number of esters is 1. The number of carbonyl (C=O) groups excluding carboxylic acids is 4. The van der Waals surface area contributed by atoms with E-state index in [-0.39, 0.29) is 31.9 Å². The van der Waals surface area contributed by atoms with Crippen molar-refractivity contribution in [2.24, 2.45) is 11.3 Å². The topological polar surface area (TPSA) is 154 Å². The molecular weight excluding hydrogens is 864 g/mol. The molecule has 3 amide bonds. The molecule has 0 spiro atoms. The molecule has 0 radical (unpaired) electrons. The van der Waals surface area contributed by atoms with Crippen molar-refractivity contribution in [1.82, 2.24) is 40.1 Å². The Morgan fingerprint density at radius 2 is 1.88 bits per heavy atom. The summed E-state index contributed by atoms with van der Waals surface area (Å²) in [7, 11) is 5.10. The Hall–Kier alpha value is -5.11. The van der Waals surface area contributed by atoms with Gasteiger partial charge in [0, 0.05) is 86.1 Å². The Morgan fingerprint density at radius 3 is 2.55 bits per heavy atom. The van der Waals surface area contributed by atoms with Crippen LogP contribution in [0.15, 0.2) is 35.8 Å². The standard InChI is InChI=1S/C46H60F3N9O6S/c1-27(2)39(55(7)26-59)41(60)52-36-19-30-23-65-42(51-30)29-11-12-37-32(18-29)34(21-45(4,5)25-64-44(62)35-10-9-13-58(53-35)43(36)61)40(57(37)24-46(47,48)49)33-20-31(22-50-38(33)28(3)63-8)56-16-14-54(6)15-17-56/h11-12,18,20,22-23,26-28,35-36,39,53H,9-10,13-17,19,21,24-25H2,1-8H3,(H,52,60)/t28-,35-,36-,39?/m0/s1. The number of cyclic esters (lactones) is 1. The molecule has 3 aromatic heterocycles. The maximum absolute atomic E-state index is 14.9. The number of rotatable bonds is 10. The number of pyridine rings is 1. The zero-order valence-electron chi connectivity index (χ0n) is 38.3. The van der Waals surface area contributed by atoms with Crippen LogP contribution in [0.3, 0.4) is 0 Å². The molecule has 2 N–H and O–H groups in total. The van der Waals surface area contributed by atoms with Crippen molar-refractivity contribution in [1.29, 1.82) is 0 Å². The van der Waals surface area contributed by atoms with E-state index in [1.54, 1.807) is 44.7 Å². The van der Waals surface area contributed by atoms with E-state index >= 15 is 0 Å². The van der Waals surface area contributed by atoms with Crippen LogP contribution in [0, 0.1) is 11.3 Å². The third kappa shape index (κ3) is 10.6. The Balaban J connectivity index is 1.41. The number of alkyl halides is 3. The molecule has 0 aliphatic carbocycles. The van der Waals surface area contributed by atoms with Crippen molar-refractivity contribution in [3.8, 4) is 21.8 Å². The number of nitrogens with one attached hydrogen (secondary N) is 2. The van der Waals surface area contributed by atoms with E-state index in [2.05, 4.69) is 27.6 Å². The fraction of sp³-hybridized carbons (Fsp3) is 0.565. The first kappa shape index (κ1) is 47.8. The molecule has 1 aromatic carbocycles. The Bertz CT molecular complexity index is 2390. The number of fused-ring (bicyclic) bond motifs is 6. The van der Waals surface area contributed by atoms with Gasteiger partial charge in [-0.3, -0.25) is 29.2 Å². The van der Waals surface area contributed by atoms with Gasteiger partial charge in [-0.05, 0) is 69.0 Å². The Labute approximate surface area is 381 Å². The summed E-state index contributed by atoms with van der Waals surface area (Å²) in [6, 6.07) is 4.35. The molecule has 352 valence electrons. The van der Waals surface area contributed by atoms with Gasteiger partial charge < -0.3 is 34.1 Å². The lowest BCUT2D eigenvalue weighted by Gasteiger charge is -2.36. The lowest BCUT2D eigenvalue weighted by Crippen LogP contribution is -2.62. The number of halogens is 3. The second-order valence-corrected chi connectivity index (χ2v) is 19.5. The van der Waals surface area contributed by atoms with E-state index in [1.165, 1.54) is 32.9 Å². The molecule has 0 saturated carbocycles. The Morgan fingerprint density at radius 1 is 1.14 bits per heavy atom. The van der Waals surface area contributed by atoms with Crippen molar-refractivity contribution >= 4 is 52.1 Å². The summed E-state index contributed by atoms with van der Waals surface area (Å²) < 4.78 is 57.9. The van der Waals surface area contributed by atoms with E-state index in [4.69, 9.17) is 19.4 Å². The van der Waals surface area contributed by atoms with Crippen LogP contribution in [-0.4, -0.2) is 138 Å². The number of hydrazine groups is 1. The summed E-state index contributed by atoms with van der Waals surface area (Å²) >= 11 is 1.31. The first-order chi connectivity index (χ1) is 30.8. The van der Waals surface area contributed by atoms with Crippen LogP contribution < -0.4 is 15.6 Å². The summed E-state index contributed by atoms with van der Waals surface area (Å²) in [5, 5.41) is 7.15.